The third kappa shape index (κ3) is 4.73. The standard InChI is InChI=1S/C16H19NO2/c1-13(18)19-16-9-5-8-15(10-16)12-17-11-14-6-3-2-4-7-14/h2-10,13,17-18H,11-12H2,1H3. The Labute approximate surface area is 113 Å². The summed E-state index contributed by atoms with van der Waals surface area (Å²) >= 11 is 0. The lowest BCUT2D eigenvalue weighted by atomic mass is 10.2. The van der Waals surface area contributed by atoms with Gasteiger partial charge in [0.1, 0.15) is 5.75 Å². The zero-order chi connectivity index (χ0) is 13.5. The van der Waals surface area contributed by atoms with Crippen molar-refractivity contribution in [3.05, 3.63) is 65.7 Å². The second-order valence-electron chi connectivity index (χ2n) is 4.45. The van der Waals surface area contributed by atoms with Gasteiger partial charge in [0.15, 0.2) is 6.29 Å². The van der Waals surface area contributed by atoms with Crippen LogP contribution in [-0.2, 0) is 13.1 Å². The zero-order valence-corrected chi connectivity index (χ0v) is 11.0. The monoisotopic (exact) mass is 257 g/mol. The third-order valence-corrected chi connectivity index (χ3v) is 2.71. The molecule has 1 atom stereocenters. The minimum absolute atomic E-state index is 0.689. The molecule has 0 bridgehead atoms. The number of aliphatic hydroxyl groups excluding tert-OH is 1. The fraction of sp³-hybridized carbons (Fsp3) is 0.250. The van der Waals surface area contributed by atoms with E-state index in [1.165, 1.54) is 5.56 Å². The van der Waals surface area contributed by atoms with Crippen LogP contribution in [0.15, 0.2) is 54.6 Å². The molecule has 100 valence electrons. The van der Waals surface area contributed by atoms with Gasteiger partial charge in [-0.05, 0) is 30.2 Å². The average molecular weight is 257 g/mol. The third-order valence-electron chi connectivity index (χ3n) is 2.71. The van der Waals surface area contributed by atoms with Crippen LogP contribution in [0.5, 0.6) is 5.75 Å². The van der Waals surface area contributed by atoms with E-state index in [1.54, 1.807) is 6.92 Å². The van der Waals surface area contributed by atoms with Gasteiger partial charge in [0.2, 0.25) is 0 Å². The quantitative estimate of drug-likeness (QED) is 0.782. The first kappa shape index (κ1) is 13.6. The van der Waals surface area contributed by atoms with E-state index in [4.69, 9.17) is 4.74 Å². The van der Waals surface area contributed by atoms with Crippen LogP contribution in [0.1, 0.15) is 18.1 Å². The van der Waals surface area contributed by atoms with Crippen LogP contribution in [0.4, 0.5) is 0 Å². The van der Waals surface area contributed by atoms with Gasteiger partial charge in [-0.15, -0.1) is 0 Å². The Morgan fingerprint density at radius 2 is 1.68 bits per heavy atom. The molecular formula is C16H19NO2. The first-order chi connectivity index (χ1) is 9.24. The second kappa shape index (κ2) is 6.92. The van der Waals surface area contributed by atoms with E-state index < -0.39 is 6.29 Å². The van der Waals surface area contributed by atoms with E-state index in [0.717, 1.165) is 18.7 Å². The Morgan fingerprint density at radius 3 is 2.42 bits per heavy atom. The van der Waals surface area contributed by atoms with Crippen molar-refractivity contribution in [1.29, 1.82) is 0 Å². The Bertz CT molecular complexity index is 497. The van der Waals surface area contributed by atoms with E-state index in [2.05, 4.69) is 17.4 Å². The van der Waals surface area contributed by atoms with Gasteiger partial charge in [0.25, 0.3) is 0 Å². The topological polar surface area (TPSA) is 41.5 Å². The number of hydrogen-bond donors (Lipinski definition) is 2. The number of aliphatic hydroxyl groups is 1. The molecule has 0 saturated carbocycles. The van der Waals surface area contributed by atoms with Gasteiger partial charge in [-0.25, -0.2) is 0 Å². The minimum Gasteiger partial charge on any atom is -0.465 e. The molecule has 2 aromatic rings. The zero-order valence-electron chi connectivity index (χ0n) is 11.0. The predicted octanol–water partition coefficient (Wildman–Crippen LogP) is 2.69. The van der Waals surface area contributed by atoms with Gasteiger partial charge in [-0.2, -0.15) is 0 Å². The van der Waals surface area contributed by atoms with Gasteiger partial charge in [-0.1, -0.05) is 42.5 Å². The highest BCUT2D eigenvalue weighted by Gasteiger charge is 2.00. The molecule has 3 nitrogen and oxygen atoms in total. The lowest BCUT2D eigenvalue weighted by Crippen LogP contribution is -2.13. The summed E-state index contributed by atoms with van der Waals surface area (Å²) in [5, 5.41) is 12.6. The van der Waals surface area contributed by atoms with Crippen LogP contribution in [0, 0.1) is 0 Å². The molecular weight excluding hydrogens is 238 g/mol. The van der Waals surface area contributed by atoms with Crippen LogP contribution in [-0.4, -0.2) is 11.4 Å². The minimum atomic E-state index is -0.785. The molecule has 0 saturated heterocycles. The number of ether oxygens (including phenoxy) is 1. The van der Waals surface area contributed by atoms with Crippen molar-refractivity contribution in [2.45, 2.75) is 26.3 Å². The smallest absolute Gasteiger partial charge is 0.194 e. The summed E-state index contributed by atoms with van der Waals surface area (Å²) in [4.78, 5) is 0. The van der Waals surface area contributed by atoms with Crippen LogP contribution >= 0.6 is 0 Å². The lowest BCUT2D eigenvalue weighted by molar-refractivity contribution is -0.000340. The molecule has 0 amide bonds. The summed E-state index contributed by atoms with van der Waals surface area (Å²) in [6.45, 7) is 3.20. The van der Waals surface area contributed by atoms with E-state index in [1.807, 2.05) is 42.5 Å². The van der Waals surface area contributed by atoms with Crippen LogP contribution in [0.2, 0.25) is 0 Å². The first-order valence-corrected chi connectivity index (χ1v) is 6.42. The van der Waals surface area contributed by atoms with Crippen LogP contribution in [0.25, 0.3) is 0 Å². The molecule has 0 aliphatic rings. The summed E-state index contributed by atoms with van der Waals surface area (Å²) in [5.74, 6) is 0.689. The van der Waals surface area contributed by atoms with Crippen molar-refractivity contribution in [2.75, 3.05) is 0 Å². The SMILES string of the molecule is CC(O)Oc1cccc(CNCc2ccccc2)c1. The molecule has 0 aliphatic carbocycles. The van der Waals surface area contributed by atoms with Gasteiger partial charge in [-0.3, -0.25) is 0 Å². The number of rotatable bonds is 6. The summed E-state index contributed by atoms with van der Waals surface area (Å²) < 4.78 is 5.25. The highest BCUT2D eigenvalue weighted by molar-refractivity contribution is 5.28. The fourth-order valence-electron chi connectivity index (χ4n) is 1.87. The summed E-state index contributed by atoms with van der Waals surface area (Å²) in [6.07, 6.45) is -0.785. The maximum absolute atomic E-state index is 9.18. The maximum atomic E-state index is 9.18. The summed E-state index contributed by atoms with van der Waals surface area (Å²) in [7, 11) is 0. The van der Waals surface area contributed by atoms with Crippen LogP contribution < -0.4 is 10.1 Å². The van der Waals surface area contributed by atoms with E-state index in [0.29, 0.717) is 5.75 Å². The Hall–Kier alpha value is -1.84. The van der Waals surface area contributed by atoms with Crippen molar-refractivity contribution in [3.63, 3.8) is 0 Å². The molecule has 0 aliphatic heterocycles. The Balaban J connectivity index is 1.86. The van der Waals surface area contributed by atoms with Crippen LogP contribution in [0.3, 0.4) is 0 Å². The van der Waals surface area contributed by atoms with E-state index in [-0.39, 0.29) is 0 Å². The number of nitrogens with one attached hydrogen (secondary N) is 1. The first-order valence-electron chi connectivity index (χ1n) is 6.42. The van der Waals surface area contributed by atoms with Crippen molar-refractivity contribution >= 4 is 0 Å². The molecule has 2 N–H and O–H groups in total. The van der Waals surface area contributed by atoms with Crippen molar-refractivity contribution < 1.29 is 9.84 Å². The fourth-order valence-corrected chi connectivity index (χ4v) is 1.87. The largest absolute Gasteiger partial charge is 0.465 e. The number of hydrogen-bond acceptors (Lipinski definition) is 3. The predicted molar refractivity (Wildman–Crippen MR) is 75.7 cm³/mol. The van der Waals surface area contributed by atoms with E-state index in [9.17, 15) is 5.11 Å². The molecule has 0 heterocycles. The summed E-state index contributed by atoms with van der Waals surface area (Å²) in [5.41, 5.74) is 2.40. The lowest BCUT2D eigenvalue weighted by Gasteiger charge is -2.10. The molecule has 1 unspecified atom stereocenters. The Kier molecular flexibility index (Phi) is 4.95. The highest BCUT2D eigenvalue weighted by atomic mass is 16.6. The highest BCUT2D eigenvalue weighted by Crippen LogP contribution is 2.14. The molecule has 19 heavy (non-hydrogen) atoms. The average Bonchev–Trinajstić information content (AvgIpc) is 2.40. The molecule has 0 fully saturated rings. The van der Waals surface area contributed by atoms with Gasteiger partial charge >= 0.3 is 0 Å². The maximum Gasteiger partial charge on any atom is 0.194 e. The van der Waals surface area contributed by atoms with Gasteiger partial charge < -0.3 is 15.2 Å². The normalized spacial score (nSPS) is 12.1. The molecule has 0 spiro atoms. The van der Waals surface area contributed by atoms with Gasteiger partial charge in [0.05, 0.1) is 0 Å². The second-order valence-corrected chi connectivity index (χ2v) is 4.45. The molecule has 3 heteroatoms. The van der Waals surface area contributed by atoms with Crippen molar-refractivity contribution in [1.82, 2.24) is 5.32 Å². The molecule has 2 rings (SSSR count). The van der Waals surface area contributed by atoms with Gasteiger partial charge in [0, 0.05) is 13.1 Å². The molecule has 2 aromatic carbocycles. The molecule has 0 aromatic heterocycles. The Morgan fingerprint density at radius 1 is 1.00 bits per heavy atom. The molecule has 0 radical (unpaired) electrons. The van der Waals surface area contributed by atoms with Crippen molar-refractivity contribution in [3.8, 4) is 5.75 Å². The van der Waals surface area contributed by atoms with Crippen molar-refractivity contribution in [2.24, 2.45) is 0 Å². The van der Waals surface area contributed by atoms with E-state index >= 15 is 0 Å². The number of benzene rings is 2. The summed E-state index contributed by atoms with van der Waals surface area (Å²) in [6, 6.07) is 18.0.